The first kappa shape index (κ1) is 19.9. The highest BCUT2D eigenvalue weighted by Crippen LogP contribution is 2.24. The van der Waals surface area contributed by atoms with E-state index in [0.717, 1.165) is 4.47 Å². The number of aryl methyl sites for hydroxylation is 1. The number of carbonyl (C=O) groups excluding carboxylic acids is 1. The number of amides is 1. The summed E-state index contributed by atoms with van der Waals surface area (Å²) in [5.41, 5.74) is 1.64. The molecule has 6 nitrogen and oxygen atoms in total. The molecule has 1 aromatic carbocycles. The predicted octanol–water partition coefficient (Wildman–Crippen LogP) is 5.03. The zero-order chi connectivity index (χ0) is 20.3. The molecule has 0 saturated carbocycles. The summed E-state index contributed by atoms with van der Waals surface area (Å²) in [6.07, 6.45) is 1.41. The van der Waals surface area contributed by atoms with Crippen molar-refractivity contribution < 1.29 is 18.3 Å². The van der Waals surface area contributed by atoms with Crippen LogP contribution in [0, 0.1) is 13.8 Å². The largest absolute Gasteiger partial charge is 0.439 e. The monoisotopic (exact) mass is 450 g/mol. The summed E-state index contributed by atoms with van der Waals surface area (Å²) in [4.78, 5) is 16.4. The summed E-state index contributed by atoms with van der Waals surface area (Å²) >= 11 is 3.37. The third-order valence-electron chi connectivity index (χ3n) is 4.04. The van der Waals surface area contributed by atoms with E-state index < -0.39 is 6.55 Å². The van der Waals surface area contributed by atoms with Gasteiger partial charge < -0.3 is 10.1 Å². The van der Waals surface area contributed by atoms with Gasteiger partial charge in [-0.15, -0.1) is 0 Å². The Morgan fingerprint density at radius 1 is 1.29 bits per heavy atom. The van der Waals surface area contributed by atoms with Crippen LogP contribution in [-0.4, -0.2) is 20.7 Å². The van der Waals surface area contributed by atoms with Crippen LogP contribution in [0.3, 0.4) is 0 Å². The SMILES string of the molecule is Cc1nn(C(F)F)c(C)c1CC(=O)Nc1ccc(Oc2cccc(Br)c2)nc1. The minimum absolute atomic E-state index is 0.0549. The number of pyridine rings is 1. The summed E-state index contributed by atoms with van der Waals surface area (Å²) < 4.78 is 32.9. The molecule has 1 amide bonds. The molecule has 3 rings (SSSR count). The topological polar surface area (TPSA) is 69.0 Å². The summed E-state index contributed by atoms with van der Waals surface area (Å²) in [6, 6.07) is 10.6. The Labute approximate surface area is 168 Å². The molecule has 0 fully saturated rings. The van der Waals surface area contributed by atoms with Crippen molar-refractivity contribution in [1.29, 1.82) is 0 Å². The number of rotatable bonds is 6. The number of nitrogens with zero attached hydrogens (tertiary/aromatic N) is 3. The molecule has 2 aromatic heterocycles. The molecule has 0 atom stereocenters. The number of ether oxygens (including phenoxy) is 1. The maximum absolute atomic E-state index is 12.9. The molecular weight excluding hydrogens is 434 g/mol. The standard InChI is InChI=1S/C19H17BrF2N4O2/c1-11-16(12(2)26(25-11)19(21)22)9-17(27)24-14-6-7-18(23-10-14)28-15-5-3-4-13(20)8-15/h3-8,10,19H,9H2,1-2H3,(H,24,27). The van der Waals surface area contributed by atoms with Gasteiger partial charge in [-0.3, -0.25) is 4.79 Å². The fourth-order valence-electron chi connectivity index (χ4n) is 2.67. The fourth-order valence-corrected chi connectivity index (χ4v) is 3.05. The number of aromatic nitrogens is 3. The number of hydrogen-bond acceptors (Lipinski definition) is 4. The van der Waals surface area contributed by atoms with Crippen molar-refractivity contribution >= 4 is 27.5 Å². The molecule has 0 aliphatic rings. The number of benzene rings is 1. The first-order chi connectivity index (χ1) is 13.3. The van der Waals surface area contributed by atoms with E-state index in [-0.39, 0.29) is 18.0 Å². The molecule has 0 saturated heterocycles. The van der Waals surface area contributed by atoms with E-state index in [4.69, 9.17) is 4.74 Å². The highest BCUT2D eigenvalue weighted by atomic mass is 79.9. The van der Waals surface area contributed by atoms with Gasteiger partial charge in [-0.1, -0.05) is 22.0 Å². The molecule has 2 heterocycles. The van der Waals surface area contributed by atoms with E-state index >= 15 is 0 Å². The van der Waals surface area contributed by atoms with Crippen LogP contribution in [0.5, 0.6) is 11.6 Å². The molecule has 0 aliphatic carbocycles. The molecule has 0 unspecified atom stereocenters. The van der Waals surface area contributed by atoms with Crippen LogP contribution in [-0.2, 0) is 11.2 Å². The number of carbonyl (C=O) groups is 1. The van der Waals surface area contributed by atoms with Crippen LogP contribution in [0.15, 0.2) is 47.1 Å². The highest BCUT2D eigenvalue weighted by molar-refractivity contribution is 9.10. The zero-order valence-electron chi connectivity index (χ0n) is 15.1. The van der Waals surface area contributed by atoms with Crippen LogP contribution >= 0.6 is 15.9 Å². The van der Waals surface area contributed by atoms with Crippen LogP contribution in [0.25, 0.3) is 0 Å². The van der Waals surface area contributed by atoms with Crippen LogP contribution in [0.2, 0.25) is 0 Å². The lowest BCUT2D eigenvalue weighted by molar-refractivity contribution is -0.115. The maximum atomic E-state index is 12.9. The van der Waals surface area contributed by atoms with Gasteiger partial charge in [0.2, 0.25) is 11.8 Å². The van der Waals surface area contributed by atoms with Gasteiger partial charge >= 0.3 is 6.55 Å². The van der Waals surface area contributed by atoms with Crippen molar-refractivity contribution in [2.75, 3.05) is 5.32 Å². The van der Waals surface area contributed by atoms with E-state index in [9.17, 15) is 13.6 Å². The van der Waals surface area contributed by atoms with Crippen molar-refractivity contribution in [2.24, 2.45) is 0 Å². The highest BCUT2D eigenvalue weighted by Gasteiger charge is 2.19. The van der Waals surface area contributed by atoms with E-state index in [2.05, 4.69) is 31.3 Å². The first-order valence-corrected chi connectivity index (χ1v) is 9.15. The van der Waals surface area contributed by atoms with Crippen LogP contribution < -0.4 is 10.1 Å². The van der Waals surface area contributed by atoms with E-state index in [1.54, 1.807) is 25.1 Å². The second-order valence-corrected chi connectivity index (χ2v) is 6.96. The lowest BCUT2D eigenvalue weighted by atomic mass is 10.1. The molecule has 0 radical (unpaired) electrons. The Bertz CT molecular complexity index is 990. The van der Waals surface area contributed by atoms with Crippen LogP contribution in [0.1, 0.15) is 23.5 Å². The second kappa shape index (κ2) is 8.47. The number of nitrogens with one attached hydrogen (secondary N) is 1. The van der Waals surface area contributed by atoms with Gasteiger partial charge in [-0.2, -0.15) is 13.9 Å². The van der Waals surface area contributed by atoms with Crippen LogP contribution in [0.4, 0.5) is 14.5 Å². The Hall–Kier alpha value is -2.81. The van der Waals surface area contributed by atoms with Crippen molar-refractivity contribution in [1.82, 2.24) is 14.8 Å². The Morgan fingerprint density at radius 2 is 2.07 bits per heavy atom. The minimum Gasteiger partial charge on any atom is -0.439 e. The Balaban J connectivity index is 1.63. The molecule has 0 bridgehead atoms. The smallest absolute Gasteiger partial charge is 0.333 e. The number of alkyl halides is 2. The second-order valence-electron chi connectivity index (χ2n) is 6.04. The van der Waals surface area contributed by atoms with Gasteiger partial charge in [0, 0.05) is 21.8 Å². The molecule has 146 valence electrons. The molecule has 0 spiro atoms. The zero-order valence-corrected chi connectivity index (χ0v) is 16.7. The number of halogens is 3. The third-order valence-corrected chi connectivity index (χ3v) is 4.53. The molecule has 9 heteroatoms. The van der Waals surface area contributed by atoms with Gasteiger partial charge in [-0.25, -0.2) is 9.67 Å². The summed E-state index contributed by atoms with van der Waals surface area (Å²) in [5, 5.41) is 6.48. The maximum Gasteiger partial charge on any atom is 0.333 e. The number of hydrogen-bond donors (Lipinski definition) is 1. The summed E-state index contributed by atoms with van der Waals surface area (Å²) in [5.74, 6) is 0.657. The lowest BCUT2D eigenvalue weighted by Crippen LogP contribution is -2.15. The quantitative estimate of drug-likeness (QED) is 0.571. The van der Waals surface area contributed by atoms with Crippen molar-refractivity contribution in [2.45, 2.75) is 26.8 Å². The normalized spacial score (nSPS) is 10.9. The van der Waals surface area contributed by atoms with E-state index in [0.29, 0.717) is 33.3 Å². The van der Waals surface area contributed by atoms with Crippen molar-refractivity contribution in [3.63, 3.8) is 0 Å². The average Bonchev–Trinajstić information content (AvgIpc) is 2.92. The van der Waals surface area contributed by atoms with Gasteiger partial charge in [-0.05, 0) is 38.1 Å². The average molecular weight is 451 g/mol. The molecule has 28 heavy (non-hydrogen) atoms. The van der Waals surface area contributed by atoms with Gasteiger partial charge in [0.1, 0.15) is 5.75 Å². The van der Waals surface area contributed by atoms with Crippen molar-refractivity contribution in [3.05, 3.63) is 64.0 Å². The molecule has 3 aromatic rings. The molecular formula is C19H17BrF2N4O2. The minimum atomic E-state index is -2.74. The Morgan fingerprint density at radius 3 is 2.68 bits per heavy atom. The molecule has 0 aliphatic heterocycles. The molecule has 1 N–H and O–H groups in total. The predicted molar refractivity (Wildman–Crippen MR) is 104 cm³/mol. The van der Waals surface area contributed by atoms with Gasteiger partial charge in [0.15, 0.2) is 0 Å². The summed E-state index contributed by atoms with van der Waals surface area (Å²) in [7, 11) is 0. The number of anilines is 1. The third kappa shape index (κ3) is 4.72. The van der Waals surface area contributed by atoms with E-state index in [1.807, 2.05) is 18.2 Å². The Kier molecular flexibility index (Phi) is 6.03. The first-order valence-electron chi connectivity index (χ1n) is 8.35. The van der Waals surface area contributed by atoms with E-state index in [1.165, 1.54) is 13.1 Å². The lowest BCUT2D eigenvalue weighted by Gasteiger charge is -2.08. The van der Waals surface area contributed by atoms with Crippen molar-refractivity contribution in [3.8, 4) is 11.6 Å². The fraction of sp³-hybridized carbons (Fsp3) is 0.211. The van der Waals surface area contributed by atoms with Gasteiger partial charge in [0.25, 0.3) is 0 Å². The summed E-state index contributed by atoms with van der Waals surface area (Å²) in [6.45, 7) is 0.381. The van der Waals surface area contributed by atoms with Gasteiger partial charge in [0.05, 0.1) is 24.0 Å².